The molecule has 3 heteroatoms. The second-order valence-electron chi connectivity index (χ2n) is 2.04. The highest BCUT2D eigenvalue weighted by Gasteiger charge is 1.91. The average molecular weight is 202 g/mol. The molecule has 0 aliphatic carbocycles. The van der Waals surface area contributed by atoms with Gasteiger partial charge in [-0.3, -0.25) is 4.79 Å². The van der Waals surface area contributed by atoms with Crippen molar-refractivity contribution < 1.29 is 0 Å². The summed E-state index contributed by atoms with van der Waals surface area (Å²) in [5.74, 6) is 0. The Kier molecular flexibility index (Phi) is 2.27. The van der Waals surface area contributed by atoms with E-state index in [1.807, 2.05) is 13.0 Å². The van der Waals surface area contributed by atoms with Gasteiger partial charge < -0.3 is 0 Å². The third-order valence-corrected chi connectivity index (χ3v) is 1.89. The van der Waals surface area contributed by atoms with Crippen LogP contribution in [0.4, 0.5) is 0 Å². The minimum atomic E-state index is -0.0304. The third-order valence-electron chi connectivity index (χ3n) is 1.34. The Hall–Kier alpha value is -0.570. The Bertz CT molecular complexity index is 279. The van der Waals surface area contributed by atoms with Gasteiger partial charge in [0.25, 0.3) is 5.56 Å². The summed E-state index contributed by atoms with van der Waals surface area (Å²) >= 11 is 3.09. The van der Waals surface area contributed by atoms with Gasteiger partial charge in [0, 0.05) is 12.3 Å². The first-order valence-corrected chi connectivity index (χ1v) is 3.82. The van der Waals surface area contributed by atoms with Crippen LogP contribution in [0.2, 0.25) is 0 Å². The molecule has 0 N–H and O–H groups in total. The van der Waals surface area contributed by atoms with Gasteiger partial charge in [-0.15, -0.1) is 0 Å². The third kappa shape index (κ3) is 1.48. The van der Waals surface area contributed by atoms with Crippen LogP contribution in [-0.2, 0) is 6.42 Å². The summed E-state index contributed by atoms with van der Waals surface area (Å²) < 4.78 is 1.41. The normalized spacial score (nSPS) is 9.80. The summed E-state index contributed by atoms with van der Waals surface area (Å²) in [7, 11) is 0. The van der Waals surface area contributed by atoms with Crippen molar-refractivity contribution in [3.05, 3.63) is 34.2 Å². The van der Waals surface area contributed by atoms with Gasteiger partial charge >= 0.3 is 0 Å². The summed E-state index contributed by atoms with van der Waals surface area (Å²) in [6.07, 6.45) is 2.73. The van der Waals surface area contributed by atoms with Gasteiger partial charge in [-0.2, -0.15) is 0 Å². The summed E-state index contributed by atoms with van der Waals surface area (Å²) in [5.41, 5.74) is 1.12. The highest BCUT2D eigenvalue weighted by Crippen LogP contribution is 1.97. The standard InChI is InChI=1S/C7H8BrNO/c1-2-6-3-4-7(10)9(8)5-6/h3-5H,2H2,1H3. The molecule has 54 valence electrons. The number of pyridine rings is 1. The second-order valence-corrected chi connectivity index (χ2v) is 2.80. The number of aryl methyl sites for hydroxylation is 1. The minimum Gasteiger partial charge on any atom is -0.268 e. The molecular formula is C7H8BrNO. The van der Waals surface area contributed by atoms with Gasteiger partial charge in [0.05, 0.1) is 16.1 Å². The molecule has 1 aromatic rings. The maximum absolute atomic E-state index is 10.8. The zero-order valence-electron chi connectivity index (χ0n) is 5.67. The Morgan fingerprint density at radius 1 is 1.60 bits per heavy atom. The lowest BCUT2D eigenvalue weighted by molar-refractivity contribution is 1.06. The molecule has 1 rings (SSSR count). The van der Waals surface area contributed by atoms with E-state index in [9.17, 15) is 4.79 Å². The number of nitrogens with zero attached hydrogens (tertiary/aromatic N) is 1. The molecule has 0 atom stereocenters. The maximum Gasteiger partial charge on any atom is 0.260 e. The predicted molar refractivity (Wildman–Crippen MR) is 44.4 cm³/mol. The fourth-order valence-corrected chi connectivity index (χ4v) is 1.09. The van der Waals surface area contributed by atoms with Crippen LogP contribution >= 0.6 is 16.1 Å². The number of hydrogen-bond donors (Lipinski definition) is 0. The zero-order chi connectivity index (χ0) is 7.56. The van der Waals surface area contributed by atoms with Crippen LogP contribution in [0.25, 0.3) is 0 Å². The molecule has 0 aliphatic heterocycles. The Morgan fingerprint density at radius 3 is 2.80 bits per heavy atom. The first-order chi connectivity index (χ1) is 4.74. The zero-order valence-corrected chi connectivity index (χ0v) is 7.26. The van der Waals surface area contributed by atoms with E-state index in [4.69, 9.17) is 0 Å². The van der Waals surface area contributed by atoms with Crippen molar-refractivity contribution in [2.24, 2.45) is 0 Å². The molecule has 0 radical (unpaired) electrons. The SMILES string of the molecule is CCc1ccc(=O)n(Br)c1. The van der Waals surface area contributed by atoms with E-state index < -0.39 is 0 Å². The lowest BCUT2D eigenvalue weighted by Gasteiger charge is -1.96. The van der Waals surface area contributed by atoms with Crippen molar-refractivity contribution in [1.82, 2.24) is 3.59 Å². The quantitative estimate of drug-likeness (QED) is 0.677. The van der Waals surface area contributed by atoms with E-state index in [0.29, 0.717) is 0 Å². The van der Waals surface area contributed by atoms with E-state index in [2.05, 4.69) is 16.1 Å². The summed E-state index contributed by atoms with van der Waals surface area (Å²) in [4.78, 5) is 10.8. The fraction of sp³-hybridized carbons (Fsp3) is 0.286. The fourth-order valence-electron chi connectivity index (χ4n) is 0.711. The van der Waals surface area contributed by atoms with E-state index in [1.54, 1.807) is 12.3 Å². The van der Waals surface area contributed by atoms with Crippen molar-refractivity contribution in [1.29, 1.82) is 0 Å². The van der Waals surface area contributed by atoms with Gasteiger partial charge in [0.2, 0.25) is 0 Å². The summed E-state index contributed by atoms with van der Waals surface area (Å²) in [6.45, 7) is 2.05. The lowest BCUT2D eigenvalue weighted by Crippen LogP contribution is -2.09. The molecule has 0 saturated carbocycles. The highest BCUT2D eigenvalue weighted by molar-refractivity contribution is 9.08. The molecule has 0 saturated heterocycles. The molecular weight excluding hydrogens is 194 g/mol. The number of aromatic nitrogens is 1. The van der Waals surface area contributed by atoms with Gasteiger partial charge in [-0.1, -0.05) is 13.0 Å². The predicted octanol–water partition coefficient (Wildman–Crippen LogP) is 1.57. The Labute approximate surface area is 67.8 Å². The summed E-state index contributed by atoms with van der Waals surface area (Å²) in [6, 6.07) is 3.38. The van der Waals surface area contributed by atoms with Crippen LogP contribution in [0, 0.1) is 0 Å². The van der Waals surface area contributed by atoms with Crippen molar-refractivity contribution in [2.75, 3.05) is 0 Å². The molecule has 0 fully saturated rings. The molecule has 0 bridgehead atoms. The van der Waals surface area contributed by atoms with Gasteiger partial charge in [-0.25, -0.2) is 3.59 Å². The van der Waals surface area contributed by atoms with E-state index in [1.165, 1.54) is 3.59 Å². The number of hydrogen-bond acceptors (Lipinski definition) is 1. The molecule has 0 amide bonds. The van der Waals surface area contributed by atoms with Gasteiger partial charge in [0.15, 0.2) is 0 Å². The van der Waals surface area contributed by atoms with Gasteiger partial charge in [-0.05, 0) is 12.0 Å². The topological polar surface area (TPSA) is 22.0 Å². The first-order valence-electron chi connectivity index (χ1n) is 3.11. The Morgan fingerprint density at radius 2 is 2.30 bits per heavy atom. The van der Waals surface area contributed by atoms with Crippen LogP contribution < -0.4 is 5.56 Å². The number of rotatable bonds is 1. The van der Waals surface area contributed by atoms with E-state index in [0.717, 1.165) is 12.0 Å². The average Bonchev–Trinajstić information content (AvgIpc) is 1.95. The maximum atomic E-state index is 10.8. The van der Waals surface area contributed by atoms with Crippen LogP contribution in [0.3, 0.4) is 0 Å². The first kappa shape index (κ1) is 7.54. The van der Waals surface area contributed by atoms with E-state index >= 15 is 0 Å². The van der Waals surface area contributed by atoms with Crippen molar-refractivity contribution in [2.45, 2.75) is 13.3 Å². The molecule has 10 heavy (non-hydrogen) atoms. The smallest absolute Gasteiger partial charge is 0.260 e. The van der Waals surface area contributed by atoms with Crippen LogP contribution in [0.15, 0.2) is 23.1 Å². The van der Waals surface area contributed by atoms with Crippen LogP contribution in [-0.4, -0.2) is 3.59 Å². The largest absolute Gasteiger partial charge is 0.268 e. The molecule has 0 spiro atoms. The van der Waals surface area contributed by atoms with Crippen molar-refractivity contribution >= 4 is 16.1 Å². The van der Waals surface area contributed by atoms with Crippen LogP contribution in [0.5, 0.6) is 0 Å². The highest BCUT2D eigenvalue weighted by atomic mass is 79.9. The number of halogens is 1. The molecule has 0 aromatic carbocycles. The van der Waals surface area contributed by atoms with E-state index in [-0.39, 0.29) is 5.56 Å². The minimum absolute atomic E-state index is 0.0304. The monoisotopic (exact) mass is 201 g/mol. The molecule has 1 aromatic heterocycles. The molecule has 2 nitrogen and oxygen atoms in total. The summed E-state index contributed by atoms with van der Waals surface area (Å²) in [5, 5.41) is 0. The van der Waals surface area contributed by atoms with Gasteiger partial charge in [0.1, 0.15) is 0 Å². The molecule has 1 heterocycles. The second kappa shape index (κ2) is 3.01. The lowest BCUT2D eigenvalue weighted by atomic mass is 10.2. The Balaban J connectivity index is 3.17. The van der Waals surface area contributed by atoms with Crippen LogP contribution in [0.1, 0.15) is 12.5 Å². The molecule has 0 unspecified atom stereocenters. The molecule has 0 aliphatic rings. The van der Waals surface area contributed by atoms with Crippen molar-refractivity contribution in [3.63, 3.8) is 0 Å². The van der Waals surface area contributed by atoms with Crippen molar-refractivity contribution in [3.8, 4) is 0 Å².